The van der Waals surface area contributed by atoms with Crippen molar-refractivity contribution in [2.75, 3.05) is 0 Å². The predicted molar refractivity (Wildman–Crippen MR) is 166 cm³/mol. The van der Waals surface area contributed by atoms with Crippen LogP contribution in [0.3, 0.4) is 0 Å². The monoisotopic (exact) mass is 598 g/mol. The van der Waals surface area contributed by atoms with Crippen LogP contribution in [0.2, 0.25) is 0 Å². The molecule has 0 amide bonds. The second-order valence-corrected chi connectivity index (χ2v) is 12.6. The zero-order chi connectivity index (χ0) is 29.2. The maximum Gasteiger partial charge on any atom is 0.175 e. The van der Waals surface area contributed by atoms with Crippen molar-refractivity contribution in [2.45, 2.75) is 30.3 Å². The molecule has 5 aromatic carbocycles. The van der Waals surface area contributed by atoms with Crippen LogP contribution in [0.15, 0.2) is 133 Å². The van der Waals surface area contributed by atoms with Crippen molar-refractivity contribution in [1.29, 1.82) is 0 Å². The van der Waals surface area contributed by atoms with Crippen LogP contribution in [0.4, 0.5) is 0 Å². The first-order valence-electron chi connectivity index (χ1n) is 13.5. The van der Waals surface area contributed by atoms with Gasteiger partial charge in [-0.3, -0.25) is 0 Å². The Morgan fingerprint density at radius 1 is 0.500 bits per heavy atom. The Hall–Kier alpha value is -4.26. The normalized spacial score (nSPS) is 11.9. The zero-order valence-corrected chi connectivity index (χ0v) is 24.5. The highest BCUT2D eigenvalue weighted by Crippen LogP contribution is 2.35. The maximum atomic E-state index is 13.4. The lowest BCUT2D eigenvalue weighted by molar-refractivity contribution is 0.289. The van der Waals surface area contributed by atoms with Gasteiger partial charge >= 0.3 is 0 Å². The molecule has 5 rings (SSSR count). The van der Waals surface area contributed by atoms with Gasteiger partial charge in [0.25, 0.3) is 0 Å². The molecule has 0 aliphatic carbocycles. The second kappa shape index (κ2) is 14.1. The van der Waals surface area contributed by atoms with E-state index in [1.54, 1.807) is 42.5 Å². The van der Waals surface area contributed by atoms with Crippen LogP contribution in [0, 0.1) is 0 Å². The highest BCUT2D eigenvalue weighted by molar-refractivity contribution is 7.92. The van der Waals surface area contributed by atoms with E-state index in [9.17, 15) is 8.42 Å². The Bertz CT molecular complexity index is 1600. The molecule has 0 heterocycles. The van der Waals surface area contributed by atoms with Crippen LogP contribution in [-0.4, -0.2) is 8.42 Å². The molecule has 0 N–H and O–H groups in total. The summed E-state index contributed by atoms with van der Waals surface area (Å²) in [5.74, 6) is 1.38. The molecule has 5 aromatic rings. The van der Waals surface area contributed by atoms with Crippen molar-refractivity contribution >= 4 is 21.4 Å². The van der Waals surface area contributed by atoms with Gasteiger partial charge in [-0.25, -0.2) is 8.42 Å². The first kappa shape index (κ1) is 29.2. The first-order chi connectivity index (χ1) is 20.4. The van der Waals surface area contributed by atoms with Crippen LogP contribution < -0.4 is 14.2 Å². The lowest BCUT2D eigenvalue weighted by Gasteiger charge is -2.16. The minimum absolute atomic E-state index is 0.227. The van der Waals surface area contributed by atoms with Gasteiger partial charge in [-0.2, -0.15) is 0 Å². The number of ether oxygens (including phenoxy) is 3. The molecule has 0 saturated carbocycles. The highest BCUT2D eigenvalue weighted by atomic mass is 35.5. The molecule has 0 aliphatic rings. The molecule has 0 spiro atoms. The number of hydrogen-bond donors (Lipinski definition) is 0. The molecule has 0 fully saturated rings. The molecule has 214 valence electrons. The van der Waals surface area contributed by atoms with Gasteiger partial charge in [0.2, 0.25) is 0 Å². The van der Waals surface area contributed by atoms with Crippen molar-refractivity contribution in [3.63, 3.8) is 0 Å². The topological polar surface area (TPSA) is 61.8 Å². The van der Waals surface area contributed by atoms with E-state index in [-0.39, 0.29) is 5.75 Å². The van der Waals surface area contributed by atoms with Crippen molar-refractivity contribution < 1.29 is 22.6 Å². The van der Waals surface area contributed by atoms with Gasteiger partial charge in [0.05, 0.1) is 5.75 Å². The Balaban J connectivity index is 1.30. The average Bonchev–Trinajstić information content (AvgIpc) is 3.03. The maximum absolute atomic E-state index is 13.4. The Morgan fingerprint density at radius 2 is 0.905 bits per heavy atom. The van der Waals surface area contributed by atoms with E-state index >= 15 is 0 Å². The molecule has 7 heteroatoms. The van der Waals surface area contributed by atoms with E-state index in [2.05, 4.69) is 0 Å². The average molecular weight is 599 g/mol. The number of alkyl halides is 1. The molecule has 1 atom stereocenters. The lowest BCUT2D eigenvalue weighted by Crippen LogP contribution is -2.12. The number of halogens is 1. The van der Waals surface area contributed by atoms with Crippen molar-refractivity contribution in [2.24, 2.45) is 0 Å². The smallest absolute Gasteiger partial charge is 0.175 e. The molecular formula is C35H31ClO5S. The molecule has 0 saturated heterocycles. The summed E-state index contributed by atoms with van der Waals surface area (Å²) >= 11 is 6.65. The Labute approximate surface area is 252 Å². The number of rotatable bonds is 13. The quantitative estimate of drug-likeness (QED) is 0.128. The third-order valence-corrected chi connectivity index (χ3v) is 9.22. The van der Waals surface area contributed by atoms with Crippen molar-refractivity contribution in [3.05, 3.63) is 161 Å². The minimum Gasteiger partial charge on any atom is -0.489 e. The second-order valence-electron chi connectivity index (χ2n) is 9.83. The third-order valence-electron chi connectivity index (χ3n) is 6.52. The van der Waals surface area contributed by atoms with E-state index in [0.717, 1.165) is 16.7 Å². The van der Waals surface area contributed by atoms with E-state index in [1.807, 2.05) is 91.0 Å². The number of benzene rings is 5. The summed E-state index contributed by atoms with van der Waals surface area (Å²) in [5, 5.41) is 0. The largest absolute Gasteiger partial charge is 0.489 e. The highest BCUT2D eigenvalue weighted by Gasteiger charge is 2.27. The van der Waals surface area contributed by atoms with Gasteiger partial charge in [-0.15, -0.1) is 11.6 Å². The van der Waals surface area contributed by atoms with Gasteiger partial charge in [-0.05, 0) is 52.1 Å². The van der Waals surface area contributed by atoms with Gasteiger partial charge < -0.3 is 14.2 Å². The Morgan fingerprint density at radius 3 is 1.33 bits per heavy atom. The molecule has 42 heavy (non-hydrogen) atoms. The summed E-state index contributed by atoms with van der Waals surface area (Å²) in [7, 11) is -3.79. The Kier molecular flexibility index (Phi) is 9.80. The summed E-state index contributed by atoms with van der Waals surface area (Å²) < 4.78 is 43.4. The van der Waals surface area contributed by atoms with Gasteiger partial charge in [-0.1, -0.05) is 103 Å². The van der Waals surface area contributed by atoms with Crippen LogP contribution in [0.1, 0.15) is 32.5 Å². The summed E-state index contributed by atoms with van der Waals surface area (Å²) in [6.45, 7) is 1.07. The van der Waals surface area contributed by atoms with Gasteiger partial charge in [0, 0.05) is 6.07 Å². The van der Waals surface area contributed by atoms with Crippen molar-refractivity contribution in [3.8, 4) is 17.2 Å². The van der Waals surface area contributed by atoms with E-state index < -0.39 is 14.5 Å². The van der Waals surface area contributed by atoms with Gasteiger partial charge in [0.1, 0.15) is 37.1 Å². The van der Waals surface area contributed by atoms with Gasteiger partial charge in [0.15, 0.2) is 14.5 Å². The molecule has 0 bridgehead atoms. The first-order valence-corrected chi connectivity index (χ1v) is 15.7. The lowest BCUT2D eigenvalue weighted by atomic mass is 10.2. The predicted octanol–water partition coefficient (Wildman–Crippen LogP) is 8.28. The molecule has 0 aliphatic heterocycles. The molecule has 0 aromatic heterocycles. The molecule has 0 radical (unpaired) electrons. The van der Waals surface area contributed by atoms with Crippen LogP contribution >= 0.6 is 11.6 Å². The molecular weight excluding hydrogens is 568 g/mol. The van der Waals surface area contributed by atoms with E-state index in [0.29, 0.717) is 48.2 Å². The van der Waals surface area contributed by atoms with Crippen LogP contribution in [0.25, 0.3) is 0 Å². The summed E-state index contributed by atoms with van der Waals surface area (Å²) in [4.78, 5) is 0. The number of hydrogen-bond acceptors (Lipinski definition) is 5. The number of sulfone groups is 1. The third kappa shape index (κ3) is 8.38. The summed E-state index contributed by atoms with van der Waals surface area (Å²) in [5.41, 5.74) is 4.02. The van der Waals surface area contributed by atoms with E-state index in [4.69, 9.17) is 25.8 Å². The summed E-state index contributed by atoms with van der Waals surface area (Å²) in [6.07, 6.45) is 0. The SMILES string of the molecule is O=S(=O)(Cc1ccc(OCc2ccccc2)cc1)C(Cl)c1cc(OCc2ccccc2)cc(OCc2ccccc2)c1. The fourth-order valence-corrected chi connectivity index (χ4v) is 5.98. The van der Waals surface area contributed by atoms with E-state index in [1.165, 1.54) is 0 Å². The van der Waals surface area contributed by atoms with Crippen molar-refractivity contribution in [1.82, 2.24) is 0 Å². The fourth-order valence-electron chi connectivity index (χ4n) is 4.31. The molecule has 5 nitrogen and oxygen atoms in total. The minimum atomic E-state index is -3.79. The zero-order valence-electron chi connectivity index (χ0n) is 22.9. The molecule has 1 unspecified atom stereocenters. The van der Waals surface area contributed by atoms with Crippen LogP contribution in [-0.2, 0) is 35.4 Å². The summed E-state index contributed by atoms with van der Waals surface area (Å²) in [6, 6.07) is 41.4. The standard InChI is InChI=1S/C35H31ClO5S/c36-35(42(37,38)26-30-16-18-32(19-17-30)39-23-27-10-4-1-5-11-27)31-20-33(40-24-28-12-6-2-7-13-28)22-34(21-31)41-25-29-14-8-3-9-15-29/h1-22,35H,23-26H2. The van der Waals surface area contributed by atoms with Crippen LogP contribution in [0.5, 0.6) is 17.2 Å². The fraction of sp³-hybridized carbons (Fsp3) is 0.143.